The van der Waals surface area contributed by atoms with Crippen LogP contribution in [0.15, 0.2) is 30.5 Å². The molecule has 0 bridgehead atoms. The number of nitro groups is 1. The monoisotopic (exact) mass is 273 g/mol. The number of para-hydroxylation sites is 1. The van der Waals surface area contributed by atoms with Crippen LogP contribution in [0.3, 0.4) is 0 Å². The molecule has 2 rings (SSSR count). The summed E-state index contributed by atoms with van der Waals surface area (Å²) in [6, 6.07) is 6.89. The van der Waals surface area contributed by atoms with Crippen molar-refractivity contribution in [3.05, 3.63) is 40.6 Å². The Labute approximate surface area is 118 Å². The molecule has 5 nitrogen and oxygen atoms in total. The highest BCUT2D eigenvalue weighted by Crippen LogP contribution is 2.28. The van der Waals surface area contributed by atoms with Gasteiger partial charge in [0.05, 0.1) is 4.92 Å². The predicted molar refractivity (Wildman–Crippen MR) is 80.9 cm³/mol. The molecule has 0 radical (unpaired) electrons. The number of aromatic nitrogens is 1. The van der Waals surface area contributed by atoms with E-state index in [1.54, 1.807) is 12.3 Å². The molecule has 0 aliphatic carbocycles. The molecule has 0 aliphatic rings. The lowest BCUT2D eigenvalue weighted by Crippen LogP contribution is -2.16. The van der Waals surface area contributed by atoms with E-state index in [9.17, 15) is 10.1 Å². The second-order valence-electron chi connectivity index (χ2n) is 5.39. The lowest BCUT2D eigenvalue weighted by Gasteiger charge is -2.17. The molecule has 20 heavy (non-hydrogen) atoms. The smallest absolute Gasteiger partial charge is 0.295 e. The topological polar surface area (TPSA) is 68.1 Å². The van der Waals surface area contributed by atoms with Gasteiger partial charge < -0.3 is 5.32 Å². The molecule has 5 heteroatoms. The molecular weight excluding hydrogens is 254 g/mol. The molecule has 1 heterocycles. The van der Waals surface area contributed by atoms with E-state index in [-0.39, 0.29) is 5.69 Å². The lowest BCUT2D eigenvalue weighted by molar-refractivity contribution is -0.383. The van der Waals surface area contributed by atoms with E-state index >= 15 is 0 Å². The van der Waals surface area contributed by atoms with Crippen molar-refractivity contribution in [3.8, 4) is 0 Å². The third-order valence-corrected chi connectivity index (χ3v) is 3.70. The van der Waals surface area contributed by atoms with Crippen LogP contribution in [0.4, 0.5) is 11.4 Å². The first-order chi connectivity index (χ1) is 9.50. The molecule has 1 N–H and O–H groups in total. The van der Waals surface area contributed by atoms with Gasteiger partial charge in [-0.1, -0.05) is 32.9 Å². The summed E-state index contributed by atoms with van der Waals surface area (Å²) in [7, 11) is 0. The fraction of sp³-hybridized carbons (Fsp3) is 0.400. The summed E-state index contributed by atoms with van der Waals surface area (Å²) < 4.78 is 0. The van der Waals surface area contributed by atoms with Gasteiger partial charge in [0.2, 0.25) is 0 Å². The Kier molecular flexibility index (Phi) is 4.17. The molecule has 0 aliphatic heterocycles. The van der Waals surface area contributed by atoms with Crippen molar-refractivity contribution in [2.24, 2.45) is 11.8 Å². The quantitative estimate of drug-likeness (QED) is 0.663. The first-order valence-electron chi connectivity index (χ1n) is 6.76. The maximum atomic E-state index is 11.0. The summed E-state index contributed by atoms with van der Waals surface area (Å²) >= 11 is 0. The number of non-ortho nitro benzene ring substituents is 1. The first kappa shape index (κ1) is 14.2. The fourth-order valence-corrected chi connectivity index (χ4v) is 1.97. The van der Waals surface area contributed by atoms with E-state index in [0.717, 1.165) is 17.6 Å². The number of anilines is 1. The number of benzene rings is 1. The highest BCUT2D eigenvalue weighted by molar-refractivity contribution is 5.96. The molecule has 0 amide bonds. The van der Waals surface area contributed by atoms with Crippen LogP contribution in [-0.2, 0) is 0 Å². The minimum atomic E-state index is -0.393. The van der Waals surface area contributed by atoms with Crippen molar-refractivity contribution in [2.75, 3.05) is 11.9 Å². The highest BCUT2D eigenvalue weighted by atomic mass is 16.6. The molecule has 1 aromatic carbocycles. The summed E-state index contributed by atoms with van der Waals surface area (Å²) in [5.74, 6) is 1.11. The number of fused-ring (bicyclic) bond motifs is 1. The Morgan fingerprint density at radius 2 is 2.05 bits per heavy atom. The average molecular weight is 273 g/mol. The van der Waals surface area contributed by atoms with Crippen molar-refractivity contribution >= 4 is 22.3 Å². The van der Waals surface area contributed by atoms with Crippen LogP contribution in [0, 0.1) is 22.0 Å². The standard InChI is InChI=1S/C15H19N3O2/c1-10(2)11(3)9-17-13-7-8-16-15-12(13)5-4-6-14(15)18(19)20/h4-8,10-11H,9H2,1-3H3,(H,16,17). The van der Waals surface area contributed by atoms with Gasteiger partial charge in [-0.25, -0.2) is 4.98 Å². The number of nitrogens with one attached hydrogen (secondary N) is 1. The van der Waals surface area contributed by atoms with E-state index in [1.807, 2.05) is 12.1 Å². The van der Waals surface area contributed by atoms with Gasteiger partial charge in [0.15, 0.2) is 0 Å². The van der Waals surface area contributed by atoms with E-state index in [0.29, 0.717) is 17.4 Å². The Hall–Kier alpha value is -2.17. The van der Waals surface area contributed by atoms with E-state index in [1.165, 1.54) is 6.07 Å². The van der Waals surface area contributed by atoms with Crippen molar-refractivity contribution in [3.63, 3.8) is 0 Å². The molecule has 0 saturated carbocycles. The third-order valence-electron chi connectivity index (χ3n) is 3.70. The van der Waals surface area contributed by atoms with Gasteiger partial charge in [-0.2, -0.15) is 0 Å². The number of hydrogen-bond acceptors (Lipinski definition) is 4. The zero-order valence-electron chi connectivity index (χ0n) is 12.0. The zero-order chi connectivity index (χ0) is 14.7. The minimum Gasteiger partial charge on any atom is -0.384 e. The normalized spacial score (nSPS) is 12.6. The summed E-state index contributed by atoms with van der Waals surface area (Å²) in [4.78, 5) is 14.8. The van der Waals surface area contributed by atoms with E-state index in [2.05, 4.69) is 31.1 Å². The van der Waals surface area contributed by atoms with Gasteiger partial charge in [-0.15, -0.1) is 0 Å². The molecular formula is C15H19N3O2. The molecule has 2 aromatic rings. The zero-order valence-corrected chi connectivity index (χ0v) is 12.0. The summed E-state index contributed by atoms with van der Waals surface area (Å²) in [6.45, 7) is 7.38. The van der Waals surface area contributed by atoms with Gasteiger partial charge in [-0.3, -0.25) is 10.1 Å². The number of pyridine rings is 1. The molecule has 0 fully saturated rings. The van der Waals surface area contributed by atoms with Crippen LogP contribution >= 0.6 is 0 Å². The Morgan fingerprint density at radius 3 is 2.70 bits per heavy atom. The fourth-order valence-electron chi connectivity index (χ4n) is 1.97. The van der Waals surface area contributed by atoms with Crippen molar-refractivity contribution in [2.45, 2.75) is 20.8 Å². The van der Waals surface area contributed by atoms with Gasteiger partial charge >= 0.3 is 0 Å². The van der Waals surface area contributed by atoms with Gasteiger partial charge in [0.25, 0.3) is 5.69 Å². The third kappa shape index (κ3) is 2.87. The molecule has 1 atom stereocenters. The molecule has 106 valence electrons. The molecule has 1 aromatic heterocycles. The van der Waals surface area contributed by atoms with Crippen molar-refractivity contribution in [1.82, 2.24) is 4.98 Å². The first-order valence-corrected chi connectivity index (χ1v) is 6.76. The number of hydrogen-bond donors (Lipinski definition) is 1. The van der Waals surface area contributed by atoms with Crippen LogP contribution in [0.25, 0.3) is 10.9 Å². The van der Waals surface area contributed by atoms with Crippen LogP contribution in [0.1, 0.15) is 20.8 Å². The maximum Gasteiger partial charge on any atom is 0.295 e. The van der Waals surface area contributed by atoms with Crippen molar-refractivity contribution in [1.29, 1.82) is 0 Å². The Morgan fingerprint density at radius 1 is 1.30 bits per heavy atom. The minimum absolute atomic E-state index is 0.0445. The van der Waals surface area contributed by atoms with Gasteiger partial charge in [0, 0.05) is 29.9 Å². The van der Waals surface area contributed by atoms with Gasteiger partial charge in [-0.05, 0) is 17.9 Å². The lowest BCUT2D eigenvalue weighted by atomic mass is 9.98. The summed E-state index contributed by atoms with van der Waals surface area (Å²) in [5, 5.41) is 15.2. The second-order valence-corrected chi connectivity index (χ2v) is 5.39. The summed E-state index contributed by atoms with van der Waals surface area (Å²) in [6.07, 6.45) is 1.61. The number of nitro benzene ring substituents is 1. The maximum absolute atomic E-state index is 11.0. The number of rotatable bonds is 5. The second kappa shape index (κ2) is 5.86. The largest absolute Gasteiger partial charge is 0.384 e. The average Bonchev–Trinajstić information content (AvgIpc) is 2.43. The Balaban J connectivity index is 2.35. The van der Waals surface area contributed by atoms with Gasteiger partial charge in [0.1, 0.15) is 5.52 Å². The summed E-state index contributed by atoms with van der Waals surface area (Å²) in [5.41, 5.74) is 1.37. The molecule has 0 spiro atoms. The predicted octanol–water partition coefficient (Wildman–Crippen LogP) is 3.85. The van der Waals surface area contributed by atoms with E-state index in [4.69, 9.17) is 0 Å². The van der Waals surface area contributed by atoms with Crippen molar-refractivity contribution < 1.29 is 4.92 Å². The number of nitrogens with zero attached hydrogens (tertiary/aromatic N) is 2. The highest BCUT2D eigenvalue weighted by Gasteiger charge is 2.15. The molecule has 1 unspecified atom stereocenters. The van der Waals surface area contributed by atoms with Crippen LogP contribution in [0.5, 0.6) is 0 Å². The molecule has 0 saturated heterocycles. The SMILES string of the molecule is CC(C)C(C)CNc1ccnc2c([N+](=O)[O-])cccc12. The van der Waals surface area contributed by atoms with Crippen LogP contribution < -0.4 is 5.32 Å². The van der Waals surface area contributed by atoms with Crippen LogP contribution in [0.2, 0.25) is 0 Å². The Bertz CT molecular complexity index is 626. The van der Waals surface area contributed by atoms with E-state index < -0.39 is 4.92 Å². The van der Waals surface area contributed by atoms with Crippen LogP contribution in [-0.4, -0.2) is 16.5 Å².